The van der Waals surface area contributed by atoms with E-state index in [9.17, 15) is 4.79 Å². The fourth-order valence-electron chi connectivity index (χ4n) is 2.62. The third-order valence-electron chi connectivity index (χ3n) is 4.01. The van der Waals surface area contributed by atoms with Gasteiger partial charge in [0.25, 0.3) is 0 Å². The molecule has 1 saturated heterocycles. The molecule has 2 heterocycles. The van der Waals surface area contributed by atoms with Gasteiger partial charge in [-0.05, 0) is 37.4 Å². The van der Waals surface area contributed by atoms with Gasteiger partial charge in [0.1, 0.15) is 11.9 Å². The van der Waals surface area contributed by atoms with Crippen LogP contribution in [-0.4, -0.2) is 39.9 Å². The normalized spacial score (nSPS) is 25.9. The fraction of sp³-hybridized carbons (Fsp3) is 0.769. The SMILES string of the molecule is C[C@H]1CCO[C@H]1C(=O)NCCn1c(C2CC2)n[nH]c1=S. The van der Waals surface area contributed by atoms with Crippen molar-refractivity contribution in [1.29, 1.82) is 0 Å². The van der Waals surface area contributed by atoms with Crippen LogP contribution < -0.4 is 5.32 Å². The average Bonchev–Trinajstić information content (AvgIpc) is 3.08. The molecule has 3 rings (SSSR count). The zero-order valence-corrected chi connectivity index (χ0v) is 12.4. The second-order valence-corrected chi connectivity index (χ2v) is 6.05. The van der Waals surface area contributed by atoms with E-state index in [-0.39, 0.29) is 12.0 Å². The first-order valence-corrected chi connectivity index (χ1v) is 7.62. The number of nitrogens with zero attached hydrogens (tertiary/aromatic N) is 2. The summed E-state index contributed by atoms with van der Waals surface area (Å²) in [4.78, 5) is 12.0. The molecule has 0 aromatic carbocycles. The second-order valence-electron chi connectivity index (χ2n) is 5.66. The van der Waals surface area contributed by atoms with Crippen molar-refractivity contribution in [3.63, 3.8) is 0 Å². The van der Waals surface area contributed by atoms with Crippen LogP contribution in [0.1, 0.15) is 37.9 Å². The zero-order valence-electron chi connectivity index (χ0n) is 11.6. The van der Waals surface area contributed by atoms with Crippen LogP contribution in [0.2, 0.25) is 0 Å². The fourth-order valence-corrected chi connectivity index (χ4v) is 2.85. The van der Waals surface area contributed by atoms with Gasteiger partial charge in [-0.2, -0.15) is 5.10 Å². The summed E-state index contributed by atoms with van der Waals surface area (Å²) in [6, 6.07) is 0. The van der Waals surface area contributed by atoms with E-state index in [0.29, 0.717) is 36.3 Å². The number of aromatic nitrogens is 3. The molecule has 2 fully saturated rings. The van der Waals surface area contributed by atoms with Gasteiger partial charge in [0.15, 0.2) is 4.77 Å². The molecule has 6 nitrogen and oxygen atoms in total. The predicted octanol–water partition coefficient (Wildman–Crippen LogP) is 1.36. The highest BCUT2D eigenvalue weighted by atomic mass is 32.1. The van der Waals surface area contributed by atoms with Crippen molar-refractivity contribution in [2.75, 3.05) is 13.2 Å². The number of H-pyrrole nitrogens is 1. The van der Waals surface area contributed by atoms with Crippen molar-refractivity contribution >= 4 is 18.1 Å². The van der Waals surface area contributed by atoms with Crippen LogP contribution in [-0.2, 0) is 16.1 Å². The van der Waals surface area contributed by atoms with Gasteiger partial charge in [-0.25, -0.2) is 0 Å². The van der Waals surface area contributed by atoms with E-state index in [1.165, 1.54) is 12.8 Å². The van der Waals surface area contributed by atoms with E-state index in [4.69, 9.17) is 17.0 Å². The molecular weight excluding hydrogens is 276 g/mol. The Bertz CT molecular complexity index is 549. The lowest BCUT2D eigenvalue weighted by molar-refractivity contribution is -0.131. The van der Waals surface area contributed by atoms with E-state index in [1.54, 1.807) is 0 Å². The van der Waals surface area contributed by atoms with Crippen LogP contribution in [0.25, 0.3) is 0 Å². The van der Waals surface area contributed by atoms with Gasteiger partial charge in [-0.3, -0.25) is 9.89 Å². The molecule has 2 atom stereocenters. The number of carbonyl (C=O) groups excluding carboxylic acids is 1. The summed E-state index contributed by atoms with van der Waals surface area (Å²) in [5.41, 5.74) is 0. The number of hydrogen-bond donors (Lipinski definition) is 2. The Morgan fingerprint density at radius 2 is 2.35 bits per heavy atom. The van der Waals surface area contributed by atoms with E-state index in [1.807, 2.05) is 4.57 Å². The third kappa shape index (κ3) is 2.78. The Hall–Kier alpha value is -1.21. The Morgan fingerprint density at radius 1 is 1.55 bits per heavy atom. The highest BCUT2D eigenvalue weighted by molar-refractivity contribution is 7.71. The van der Waals surface area contributed by atoms with Gasteiger partial charge in [0.2, 0.25) is 5.91 Å². The van der Waals surface area contributed by atoms with E-state index in [0.717, 1.165) is 12.2 Å². The maximum atomic E-state index is 12.0. The van der Waals surface area contributed by atoms with Gasteiger partial charge in [-0.1, -0.05) is 6.92 Å². The van der Waals surface area contributed by atoms with Crippen molar-refractivity contribution in [2.45, 2.75) is 44.8 Å². The van der Waals surface area contributed by atoms with E-state index < -0.39 is 0 Å². The van der Waals surface area contributed by atoms with Gasteiger partial charge in [-0.15, -0.1) is 0 Å². The largest absolute Gasteiger partial charge is 0.368 e. The van der Waals surface area contributed by atoms with Crippen molar-refractivity contribution in [1.82, 2.24) is 20.1 Å². The Morgan fingerprint density at radius 3 is 3.00 bits per heavy atom. The van der Waals surface area contributed by atoms with Crippen molar-refractivity contribution in [3.05, 3.63) is 10.6 Å². The molecule has 1 aromatic rings. The van der Waals surface area contributed by atoms with Crippen LogP contribution >= 0.6 is 12.2 Å². The summed E-state index contributed by atoms with van der Waals surface area (Å²) in [6.45, 7) is 3.94. The van der Waals surface area contributed by atoms with Gasteiger partial charge >= 0.3 is 0 Å². The number of hydrogen-bond acceptors (Lipinski definition) is 4. The first-order valence-electron chi connectivity index (χ1n) is 7.21. The smallest absolute Gasteiger partial charge is 0.249 e. The second kappa shape index (κ2) is 5.65. The maximum Gasteiger partial charge on any atom is 0.249 e. The molecule has 1 saturated carbocycles. The molecular formula is C13H20N4O2S. The first kappa shape index (κ1) is 13.8. The van der Waals surface area contributed by atoms with Gasteiger partial charge in [0.05, 0.1) is 0 Å². The lowest BCUT2D eigenvalue weighted by atomic mass is 10.0. The Labute approximate surface area is 122 Å². The minimum atomic E-state index is -0.296. The number of nitrogens with one attached hydrogen (secondary N) is 2. The van der Waals surface area contributed by atoms with E-state index in [2.05, 4.69) is 22.4 Å². The molecule has 2 N–H and O–H groups in total. The summed E-state index contributed by atoms with van der Waals surface area (Å²) >= 11 is 5.23. The standard InChI is InChI=1S/C13H20N4O2S/c1-8-4-7-19-10(8)12(18)14-5-6-17-11(9-2-3-9)15-16-13(17)20/h8-10H,2-7H2,1H3,(H,14,18)(H,16,20)/t8-,10+/m0/s1. The summed E-state index contributed by atoms with van der Waals surface area (Å²) in [7, 11) is 0. The molecule has 1 amide bonds. The van der Waals surface area contributed by atoms with Crippen LogP contribution in [0.3, 0.4) is 0 Å². The van der Waals surface area contributed by atoms with Gasteiger partial charge in [0, 0.05) is 25.6 Å². The molecule has 1 aliphatic carbocycles. The minimum Gasteiger partial charge on any atom is -0.368 e. The molecule has 2 aliphatic rings. The lowest BCUT2D eigenvalue weighted by Crippen LogP contribution is -2.38. The molecule has 110 valence electrons. The number of aromatic amines is 1. The van der Waals surface area contributed by atoms with Gasteiger partial charge < -0.3 is 14.6 Å². The number of ether oxygens (including phenoxy) is 1. The third-order valence-corrected chi connectivity index (χ3v) is 4.32. The summed E-state index contributed by atoms with van der Waals surface area (Å²) in [5, 5.41) is 10.0. The summed E-state index contributed by atoms with van der Waals surface area (Å²) < 4.78 is 8.08. The van der Waals surface area contributed by atoms with Crippen LogP contribution in [0.15, 0.2) is 0 Å². The first-order chi connectivity index (χ1) is 9.66. The molecule has 1 aromatic heterocycles. The number of amides is 1. The average molecular weight is 296 g/mol. The highest BCUT2D eigenvalue weighted by Crippen LogP contribution is 2.38. The molecule has 0 unspecified atom stereocenters. The molecule has 0 spiro atoms. The maximum absolute atomic E-state index is 12.0. The molecule has 7 heteroatoms. The van der Waals surface area contributed by atoms with Crippen molar-refractivity contribution < 1.29 is 9.53 Å². The summed E-state index contributed by atoms with van der Waals surface area (Å²) in [5.74, 6) is 1.85. The molecule has 0 radical (unpaired) electrons. The van der Waals surface area contributed by atoms with Crippen LogP contribution in [0, 0.1) is 10.7 Å². The minimum absolute atomic E-state index is 0.0158. The van der Waals surface area contributed by atoms with Crippen molar-refractivity contribution in [3.8, 4) is 0 Å². The monoisotopic (exact) mass is 296 g/mol. The number of rotatable bonds is 5. The van der Waals surface area contributed by atoms with Crippen LogP contribution in [0.5, 0.6) is 0 Å². The lowest BCUT2D eigenvalue weighted by Gasteiger charge is -2.14. The number of carbonyl (C=O) groups is 1. The molecule has 0 bridgehead atoms. The predicted molar refractivity (Wildman–Crippen MR) is 75.9 cm³/mol. The molecule has 1 aliphatic heterocycles. The van der Waals surface area contributed by atoms with Crippen LogP contribution in [0.4, 0.5) is 0 Å². The topological polar surface area (TPSA) is 71.9 Å². The quantitative estimate of drug-likeness (QED) is 0.805. The Kier molecular flexibility index (Phi) is 3.89. The van der Waals surface area contributed by atoms with E-state index >= 15 is 0 Å². The van der Waals surface area contributed by atoms with Crippen molar-refractivity contribution in [2.24, 2.45) is 5.92 Å². The zero-order chi connectivity index (χ0) is 14.1. The molecule has 20 heavy (non-hydrogen) atoms. The summed E-state index contributed by atoms with van der Waals surface area (Å²) in [6.07, 6.45) is 3.02. The highest BCUT2D eigenvalue weighted by Gasteiger charge is 2.31. The Balaban J connectivity index is 1.54.